The summed E-state index contributed by atoms with van der Waals surface area (Å²) in [5.41, 5.74) is 0. The molecule has 0 atom stereocenters. The van der Waals surface area contributed by atoms with Gasteiger partial charge in [0.15, 0.2) is 33.3 Å². The second-order valence-electron chi connectivity index (χ2n) is 12.3. The van der Waals surface area contributed by atoms with Gasteiger partial charge in [-0.15, -0.1) is 0 Å². The minimum atomic E-state index is -3.68. The molecule has 0 aliphatic rings. The molecule has 0 aromatic heterocycles. The van der Waals surface area contributed by atoms with E-state index >= 15 is 0 Å². The molecule has 0 fully saturated rings. The molecule has 0 rings (SSSR count). The van der Waals surface area contributed by atoms with Crippen molar-refractivity contribution >= 4 is 51.4 Å². The Hall–Kier alpha value is 1.02. The van der Waals surface area contributed by atoms with Gasteiger partial charge in [-0.2, -0.15) is 0 Å². The van der Waals surface area contributed by atoms with Gasteiger partial charge < -0.3 is 29.4 Å². The van der Waals surface area contributed by atoms with Crippen molar-refractivity contribution in [2.75, 3.05) is 0 Å². The molecule has 0 saturated heterocycles. The van der Waals surface area contributed by atoms with E-state index in [4.69, 9.17) is 29.4 Å². The summed E-state index contributed by atoms with van der Waals surface area (Å²) < 4.78 is 46.3. The standard InChI is InChI=1S/C18H50O7Si6/c1-17(2)19-30(21-26(5,6)7,22-27(8,9)10)25-31(20-18(3)4,23-28(11,12)13)24-29(14,15)16/h17-18H,1-16H3. The van der Waals surface area contributed by atoms with E-state index in [0.717, 1.165) is 0 Å². The molecule has 0 radical (unpaired) electrons. The van der Waals surface area contributed by atoms with Crippen LogP contribution in [-0.2, 0) is 29.4 Å². The molecule has 0 saturated carbocycles. The van der Waals surface area contributed by atoms with E-state index in [-0.39, 0.29) is 12.2 Å². The van der Waals surface area contributed by atoms with E-state index in [1.807, 2.05) is 27.7 Å². The third kappa shape index (κ3) is 15.5. The van der Waals surface area contributed by atoms with E-state index in [2.05, 4.69) is 78.6 Å². The third-order valence-electron chi connectivity index (χ3n) is 2.73. The van der Waals surface area contributed by atoms with Crippen molar-refractivity contribution < 1.29 is 29.4 Å². The molecule has 0 aliphatic heterocycles. The number of rotatable bonds is 14. The Labute approximate surface area is 199 Å². The van der Waals surface area contributed by atoms with Crippen LogP contribution in [0.15, 0.2) is 0 Å². The summed E-state index contributed by atoms with van der Waals surface area (Å²) in [7, 11) is -15.9. The van der Waals surface area contributed by atoms with Gasteiger partial charge in [0.2, 0.25) is 0 Å². The first-order valence-electron chi connectivity index (χ1n) is 11.2. The van der Waals surface area contributed by atoms with E-state index < -0.39 is 51.4 Å². The van der Waals surface area contributed by atoms with E-state index in [1.54, 1.807) is 0 Å². The SMILES string of the molecule is CC(C)O[Si](O[Si](C)(C)C)(O[Si](C)(C)C)O[Si](OC(C)C)(O[Si](C)(C)C)O[Si](C)(C)C. The fraction of sp³-hybridized carbons (Fsp3) is 1.00. The summed E-state index contributed by atoms with van der Waals surface area (Å²) in [5.74, 6) is 0. The van der Waals surface area contributed by atoms with Gasteiger partial charge in [0.05, 0.1) is 0 Å². The van der Waals surface area contributed by atoms with Gasteiger partial charge in [0, 0.05) is 12.2 Å². The summed E-state index contributed by atoms with van der Waals surface area (Å²) in [4.78, 5) is 0. The minimum absolute atomic E-state index is 0.149. The predicted octanol–water partition coefficient (Wildman–Crippen LogP) is 6.13. The highest BCUT2D eigenvalue weighted by atomic mass is 28.6. The average molecular weight is 547 g/mol. The Morgan fingerprint density at radius 1 is 0.355 bits per heavy atom. The molecule has 13 heteroatoms. The lowest BCUT2D eigenvalue weighted by Crippen LogP contribution is -2.70. The molecule has 0 amide bonds. The molecule has 188 valence electrons. The second kappa shape index (κ2) is 11.2. The molecule has 0 N–H and O–H groups in total. The Kier molecular flexibility index (Phi) is 11.5. The minimum Gasteiger partial charge on any atom is -0.395 e. The zero-order chi connectivity index (χ0) is 25.1. The maximum Gasteiger partial charge on any atom is 0.652 e. The summed E-state index contributed by atoms with van der Waals surface area (Å²) in [6, 6.07) is 0. The van der Waals surface area contributed by atoms with Gasteiger partial charge in [-0.25, -0.2) is 0 Å². The van der Waals surface area contributed by atoms with Gasteiger partial charge >= 0.3 is 18.1 Å². The monoisotopic (exact) mass is 546 g/mol. The van der Waals surface area contributed by atoms with Gasteiger partial charge in [0.1, 0.15) is 0 Å². The number of hydrogen-bond donors (Lipinski definition) is 0. The lowest BCUT2D eigenvalue weighted by molar-refractivity contribution is -0.0122. The van der Waals surface area contributed by atoms with Crippen LogP contribution in [0.5, 0.6) is 0 Å². The second-order valence-corrected chi connectivity index (χ2v) is 35.7. The highest BCUT2D eigenvalue weighted by molar-refractivity contribution is 6.89. The van der Waals surface area contributed by atoms with Crippen LogP contribution < -0.4 is 0 Å². The molecular formula is C18H50O7Si6. The molecule has 0 aromatic rings. The molecule has 31 heavy (non-hydrogen) atoms. The van der Waals surface area contributed by atoms with Gasteiger partial charge in [-0.05, 0) is 106 Å². The molecule has 0 unspecified atom stereocenters. The summed E-state index contributed by atoms with van der Waals surface area (Å²) >= 11 is 0. The molecular weight excluding hydrogens is 497 g/mol. The van der Waals surface area contributed by atoms with Gasteiger partial charge in [-0.3, -0.25) is 0 Å². The molecule has 7 nitrogen and oxygen atoms in total. The van der Waals surface area contributed by atoms with E-state index in [0.29, 0.717) is 0 Å². The van der Waals surface area contributed by atoms with Gasteiger partial charge in [-0.1, -0.05) is 0 Å². The quantitative estimate of drug-likeness (QED) is 0.243. The topological polar surface area (TPSA) is 64.6 Å². The first-order valence-corrected chi connectivity index (χ1v) is 28.1. The third-order valence-corrected chi connectivity index (χ3v) is 20.1. The van der Waals surface area contributed by atoms with Crippen molar-refractivity contribution in [3.63, 3.8) is 0 Å². The Bertz CT molecular complexity index is 468. The molecule has 0 aromatic carbocycles. The Morgan fingerprint density at radius 2 is 0.548 bits per heavy atom. The van der Waals surface area contributed by atoms with Crippen LogP contribution in [0, 0.1) is 0 Å². The maximum absolute atomic E-state index is 6.84. The molecule has 0 heterocycles. The van der Waals surface area contributed by atoms with Crippen LogP contribution in [0.3, 0.4) is 0 Å². The van der Waals surface area contributed by atoms with Crippen molar-refractivity contribution in [1.29, 1.82) is 0 Å². The predicted molar refractivity (Wildman–Crippen MR) is 143 cm³/mol. The van der Waals surface area contributed by atoms with Crippen LogP contribution in [0.25, 0.3) is 0 Å². The summed E-state index contributed by atoms with van der Waals surface area (Å²) in [5, 5.41) is 0. The van der Waals surface area contributed by atoms with Crippen LogP contribution in [0.4, 0.5) is 0 Å². The van der Waals surface area contributed by atoms with Crippen LogP contribution in [0.1, 0.15) is 27.7 Å². The fourth-order valence-electron chi connectivity index (χ4n) is 2.50. The lowest BCUT2D eigenvalue weighted by atomic mass is 10.5. The smallest absolute Gasteiger partial charge is 0.395 e. The van der Waals surface area contributed by atoms with E-state index in [9.17, 15) is 0 Å². The zero-order valence-electron chi connectivity index (χ0n) is 23.0. The van der Waals surface area contributed by atoms with Gasteiger partial charge in [0.25, 0.3) is 0 Å². The van der Waals surface area contributed by atoms with Crippen molar-refractivity contribution in [3.8, 4) is 0 Å². The maximum atomic E-state index is 6.84. The number of hydrogen-bond acceptors (Lipinski definition) is 7. The first-order chi connectivity index (χ1) is 13.4. The average Bonchev–Trinajstić information content (AvgIpc) is 2.24. The highest BCUT2D eigenvalue weighted by Gasteiger charge is 2.64. The molecule has 0 bridgehead atoms. The molecule has 0 spiro atoms. The Balaban J connectivity index is 6.77. The van der Waals surface area contributed by atoms with Crippen molar-refractivity contribution in [3.05, 3.63) is 0 Å². The van der Waals surface area contributed by atoms with Crippen molar-refractivity contribution in [1.82, 2.24) is 0 Å². The molecule has 0 aliphatic carbocycles. The van der Waals surface area contributed by atoms with Crippen LogP contribution >= 0.6 is 0 Å². The highest BCUT2D eigenvalue weighted by Crippen LogP contribution is 2.33. The fourth-order valence-corrected chi connectivity index (χ4v) is 21.3. The lowest BCUT2D eigenvalue weighted by Gasteiger charge is -2.45. The van der Waals surface area contributed by atoms with E-state index in [1.165, 1.54) is 0 Å². The van der Waals surface area contributed by atoms with Crippen molar-refractivity contribution in [2.24, 2.45) is 0 Å². The van der Waals surface area contributed by atoms with Crippen LogP contribution in [0.2, 0.25) is 78.6 Å². The summed E-state index contributed by atoms with van der Waals surface area (Å²) in [6.45, 7) is 33.2. The van der Waals surface area contributed by atoms with Crippen LogP contribution in [-0.4, -0.2) is 63.6 Å². The first kappa shape index (κ1) is 32.0. The van der Waals surface area contributed by atoms with Crippen molar-refractivity contribution in [2.45, 2.75) is 118 Å². The zero-order valence-corrected chi connectivity index (χ0v) is 29.0. The normalized spacial score (nSPS) is 15.3. The summed E-state index contributed by atoms with van der Waals surface area (Å²) in [6.07, 6.45) is -0.298. The Morgan fingerprint density at radius 3 is 0.677 bits per heavy atom. The largest absolute Gasteiger partial charge is 0.652 e.